The fraction of sp³-hybridized carbons (Fsp3) is 0.250. The summed E-state index contributed by atoms with van der Waals surface area (Å²) >= 11 is 11.0. The molecule has 1 aromatic rings. The minimum Gasteiger partial charge on any atom is -0.228 e. The van der Waals surface area contributed by atoms with Gasteiger partial charge in [-0.3, -0.25) is 0 Å². The van der Waals surface area contributed by atoms with E-state index in [9.17, 15) is 13.2 Å². The maximum atomic E-state index is 12.5. The zero-order chi connectivity index (χ0) is 11.8. The third kappa shape index (κ3) is 2.60. The minimum absolute atomic E-state index is 0.0750. The minimum atomic E-state index is -4.63. The van der Waals surface area contributed by atoms with Crippen molar-refractivity contribution in [2.45, 2.75) is 13.1 Å². The van der Waals surface area contributed by atoms with Crippen molar-refractivity contribution in [2.24, 2.45) is 0 Å². The molecule has 0 N–H and O–H groups in total. The van der Waals surface area contributed by atoms with Gasteiger partial charge in [0, 0.05) is 5.03 Å². The maximum Gasteiger partial charge on any atom is 0.434 e. The van der Waals surface area contributed by atoms with Gasteiger partial charge in [0.2, 0.25) is 0 Å². The van der Waals surface area contributed by atoms with Gasteiger partial charge in [-0.25, -0.2) is 9.97 Å². The second kappa shape index (κ2) is 3.98. The Bertz CT molecular complexity index is 415. The van der Waals surface area contributed by atoms with Crippen molar-refractivity contribution in [1.29, 1.82) is 0 Å². The summed E-state index contributed by atoms with van der Waals surface area (Å²) in [5, 5.41) is -0.692. The Kier molecular flexibility index (Phi) is 3.25. The van der Waals surface area contributed by atoms with E-state index in [0.29, 0.717) is 0 Å². The van der Waals surface area contributed by atoms with Gasteiger partial charge in [-0.05, 0) is 6.92 Å². The van der Waals surface area contributed by atoms with Gasteiger partial charge in [-0.2, -0.15) is 13.2 Å². The lowest BCUT2D eigenvalue weighted by Gasteiger charge is -2.12. The lowest BCUT2D eigenvalue weighted by Crippen LogP contribution is -2.13. The van der Waals surface area contributed by atoms with Gasteiger partial charge < -0.3 is 0 Å². The Morgan fingerprint density at radius 3 is 2.27 bits per heavy atom. The summed E-state index contributed by atoms with van der Waals surface area (Å²) in [6.45, 7) is 4.50. The third-order valence-corrected chi connectivity index (χ3v) is 1.98. The normalized spacial score (nSPS) is 11.6. The van der Waals surface area contributed by atoms with Crippen LogP contribution in [-0.2, 0) is 6.18 Å². The number of aryl methyl sites for hydroxylation is 1. The largest absolute Gasteiger partial charge is 0.434 e. The number of halogens is 5. The molecule has 0 atom stereocenters. The summed E-state index contributed by atoms with van der Waals surface area (Å²) in [5.41, 5.74) is -1.64. The predicted octanol–water partition coefficient (Wildman–Crippen LogP) is 3.67. The van der Waals surface area contributed by atoms with Crippen molar-refractivity contribution >= 4 is 28.2 Å². The third-order valence-electron chi connectivity index (χ3n) is 1.52. The summed E-state index contributed by atoms with van der Waals surface area (Å²) in [7, 11) is 0. The molecule has 0 fully saturated rings. The number of alkyl halides is 3. The van der Waals surface area contributed by atoms with Crippen LogP contribution in [-0.4, -0.2) is 9.97 Å². The monoisotopic (exact) mass is 256 g/mol. The molecule has 1 heterocycles. The quantitative estimate of drug-likeness (QED) is 0.717. The van der Waals surface area contributed by atoms with E-state index >= 15 is 0 Å². The van der Waals surface area contributed by atoms with Gasteiger partial charge in [0.15, 0.2) is 5.69 Å². The van der Waals surface area contributed by atoms with E-state index in [2.05, 4.69) is 16.5 Å². The summed E-state index contributed by atoms with van der Waals surface area (Å²) < 4.78 is 37.6. The zero-order valence-corrected chi connectivity index (χ0v) is 9.00. The second-order valence-corrected chi connectivity index (χ2v) is 3.50. The Morgan fingerprint density at radius 1 is 1.33 bits per heavy atom. The van der Waals surface area contributed by atoms with E-state index in [1.165, 1.54) is 6.92 Å². The Hall–Kier alpha value is -0.810. The molecular weight excluding hydrogens is 252 g/mol. The van der Waals surface area contributed by atoms with Crippen LogP contribution in [0.2, 0.25) is 5.15 Å². The van der Waals surface area contributed by atoms with E-state index in [-0.39, 0.29) is 16.0 Å². The summed E-state index contributed by atoms with van der Waals surface area (Å²) in [4.78, 5) is 6.84. The maximum absolute atomic E-state index is 12.5. The van der Waals surface area contributed by atoms with Crippen LogP contribution in [0.4, 0.5) is 13.2 Å². The number of hydrogen-bond donors (Lipinski definition) is 0. The molecule has 15 heavy (non-hydrogen) atoms. The van der Waals surface area contributed by atoms with Gasteiger partial charge >= 0.3 is 6.18 Å². The summed E-state index contributed by atoms with van der Waals surface area (Å²) in [6, 6.07) is 0. The molecule has 0 aromatic carbocycles. The smallest absolute Gasteiger partial charge is 0.228 e. The van der Waals surface area contributed by atoms with Crippen LogP contribution in [0, 0.1) is 6.92 Å². The lowest BCUT2D eigenvalue weighted by molar-refractivity contribution is -0.141. The number of hydrogen-bond acceptors (Lipinski definition) is 2. The molecule has 0 spiro atoms. The molecular formula is C8H5Cl2F3N2. The number of rotatable bonds is 1. The highest BCUT2D eigenvalue weighted by molar-refractivity contribution is 6.50. The molecule has 0 saturated carbocycles. The molecule has 0 aliphatic rings. The van der Waals surface area contributed by atoms with Crippen LogP contribution < -0.4 is 0 Å². The average Bonchev–Trinajstić information content (AvgIpc) is 1.99. The molecule has 82 valence electrons. The molecule has 0 aliphatic carbocycles. The molecule has 0 radical (unpaired) electrons. The van der Waals surface area contributed by atoms with E-state index in [1.54, 1.807) is 0 Å². The number of aromatic nitrogens is 2. The Balaban J connectivity index is 3.54. The highest BCUT2D eigenvalue weighted by Crippen LogP contribution is 2.37. The molecule has 0 saturated heterocycles. The van der Waals surface area contributed by atoms with Crippen molar-refractivity contribution in [1.82, 2.24) is 9.97 Å². The van der Waals surface area contributed by atoms with Crippen LogP contribution in [0.3, 0.4) is 0 Å². The lowest BCUT2D eigenvalue weighted by atomic mass is 10.2. The highest BCUT2D eigenvalue weighted by atomic mass is 35.5. The number of nitrogens with zero attached hydrogens (tertiary/aromatic N) is 2. The highest BCUT2D eigenvalue weighted by Gasteiger charge is 2.37. The zero-order valence-electron chi connectivity index (χ0n) is 7.49. The van der Waals surface area contributed by atoms with E-state index in [1.807, 2.05) is 0 Å². The molecule has 1 rings (SSSR count). The topological polar surface area (TPSA) is 25.8 Å². The first-order valence-electron chi connectivity index (χ1n) is 3.69. The van der Waals surface area contributed by atoms with Gasteiger partial charge in [-0.1, -0.05) is 29.8 Å². The molecule has 0 aliphatic heterocycles. The van der Waals surface area contributed by atoms with Crippen molar-refractivity contribution in [3.05, 3.63) is 28.8 Å². The average molecular weight is 257 g/mol. The predicted molar refractivity (Wildman–Crippen MR) is 51.7 cm³/mol. The molecule has 0 bridgehead atoms. The first-order valence-corrected chi connectivity index (χ1v) is 4.45. The van der Waals surface area contributed by atoms with Gasteiger partial charge in [-0.15, -0.1) is 0 Å². The first-order chi connectivity index (χ1) is 6.73. The van der Waals surface area contributed by atoms with Crippen molar-refractivity contribution in [2.75, 3.05) is 0 Å². The second-order valence-electron chi connectivity index (χ2n) is 2.69. The van der Waals surface area contributed by atoms with Crippen molar-refractivity contribution in [3.8, 4) is 0 Å². The van der Waals surface area contributed by atoms with E-state index in [0.717, 1.165) is 0 Å². The standard InChI is InChI=1S/C8H5Cl2F3N2/c1-3(9)5-6(8(11,12)13)14-4(2)15-7(5)10/h1H2,2H3. The Labute approximate surface area is 93.7 Å². The fourth-order valence-corrected chi connectivity index (χ4v) is 1.54. The summed E-state index contributed by atoms with van der Waals surface area (Å²) in [5.74, 6) is -0.0750. The van der Waals surface area contributed by atoms with Crippen LogP contribution >= 0.6 is 23.2 Å². The van der Waals surface area contributed by atoms with Crippen LogP contribution in [0.15, 0.2) is 6.58 Å². The molecule has 0 unspecified atom stereocenters. The van der Waals surface area contributed by atoms with Crippen molar-refractivity contribution < 1.29 is 13.2 Å². The fourth-order valence-electron chi connectivity index (χ4n) is 0.984. The van der Waals surface area contributed by atoms with Crippen LogP contribution in [0.1, 0.15) is 17.1 Å². The molecule has 1 aromatic heterocycles. The van der Waals surface area contributed by atoms with Gasteiger partial charge in [0.25, 0.3) is 0 Å². The molecule has 7 heteroatoms. The van der Waals surface area contributed by atoms with Gasteiger partial charge in [0.05, 0.1) is 5.56 Å². The van der Waals surface area contributed by atoms with Gasteiger partial charge in [0.1, 0.15) is 11.0 Å². The molecule has 0 amide bonds. The van der Waals surface area contributed by atoms with E-state index in [4.69, 9.17) is 23.2 Å². The SMILES string of the molecule is C=C(Cl)c1c(Cl)nc(C)nc1C(F)(F)F. The Morgan fingerprint density at radius 2 is 1.87 bits per heavy atom. The van der Waals surface area contributed by atoms with Crippen LogP contribution in [0.25, 0.3) is 5.03 Å². The van der Waals surface area contributed by atoms with Crippen molar-refractivity contribution in [3.63, 3.8) is 0 Å². The van der Waals surface area contributed by atoms with E-state index < -0.39 is 17.4 Å². The van der Waals surface area contributed by atoms with Crippen LogP contribution in [0.5, 0.6) is 0 Å². The molecule has 2 nitrogen and oxygen atoms in total. The first kappa shape index (κ1) is 12.3. The summed E-state index contributed by atoms with van der Waals surface area (Å²) in [6.07, 6.45) is -4.63.